The van der Waals surface area contributed by atoms with Crippen molar-refractivity contribution in [2.24, 2.45) is 0 Å². The molecule has 0 aliphatic carbocycles. The van der Waals surface area contributed by atoms with Gasteiger partial charge in [0.05, 0.1) is 19.2 Å². The summed E-state index contributed by atoms with van der Waals surface area (Å²) in [6, 6.07) is 4.05. The van der Waals surface area contributed by atoms with Crippen LogP contribution in [0.15, 0.2) is 18.2 Å². The third-order valence-electron chi connectivity index (χ3n) is 2.49. The molecule has 0 amide bonds. The molecule has 0 aliphatic rings. The van der Waals surface area contributed by atoms with E-state index in [-0.39, 0.29) is 0 Å². The lowest BCUT2D eigenvalue weighted by Gasteiger charge is -2.10. The molecule has 0 aliphatic heterocycles. The van der Waals surface area contributed by atoms with Crippen molar-refractivity contribution in [3.8, 4) is 11.5 Å². The van der Waals surface area contributed by atoms with Crippen molar-refractivity contribution in [3.05, 3.63) is 28.8 Å². The van der Waals surface area contributed by atoms with Gasteiger partial charge in [-0.3, -0.25) is 0 Å². The van der Waals surface area contributed by atoms with E-state index in [0.717, 1.165) is 5.56 Å². The van der Waals surface area contributed by atoms with Crippen molar-refractivity contribution >= 4 is 17.7 Å². The van der Waals surface area contributed by atoms with Crippen molar-refractivity contribution in [2.45, 2.75) is 13.0 Å². The first-order valence-electron chi connectivity index (χ1n) is 5.39. The zero-order valence-corrected chi connectivity index (χ0v) is 11.3. The van der Waals surface area contributed by atoms with Crippen molar-refractivity contribution in [2.75, 3.05) is 21.3 Å². The molecule has 0 fully saturated rings. The van der Waals surface area contributed by atoms with Gasteiger partial charge in [-0.1, -0.05) is 23.8 Å². The summed E-state index contributed by atoms with van der Waals surface area (Å²) in [5.41, 5.74) is 0.981. The summed E-state index contributed by atoms with van der Waals surface area (Å²) >= 11 is 6.11. The van der Waals surface area contributed by atoms with Gasteiger partial charge in [0.15, 0.2) is 11.5 Å². The van der Waals surface area contributed by atoms with E-state index in [1.165, 1.54) is 0 Å². The van der Waals surface area contributed by atoms with Crippen LogP contribution in [0.1, 0.15) is 12.5 Å². The van der Waals surface area contributed by atoms with Crippen LogP contribution in [0.5, 0.6) is 11.5 Å². The molecule has 0 spiro atoms. The second kappa shape index (κ2) is 6.52. The Morgan fingerprint density at radius 2 is 2.00 bits per heavy atom. The number of ether oxygens (including phenoxy) is 2. The Hall–Kier alpha value is -1.19. The molecule has 1 rings (SSSR count). The fourth-order valence-electron chi connectivity index (χ4n) is 1.39. The summed E-state index contributed by atoms with van der Waals surface area (Å²) < 4.78 is 10.4. The molecular weight excluding hydrogens is 238 g/mol. The quantitative estimate of drug-likeness (QED) is 0.878. The van der Waals surface area contributed by atoms with Crippen molar-refractivity contribution < 1.29 is 9.47 Å². The first-order chi connectivity index (χ1) is 8.12. The van der Waals surface area contributed by atoms with Crippen molar-refractivity contribution in [1.82, 2.24) is 5.32 Å². The highest BCUT2D eigenvalue weighted by Crippen LogP contribution is 2.36. The Kier molecular flexibility index (Phi) is 5.32. The minimum absolute atomic E-state index is 0.307. The molecule has 1 N–H and O–H groups in total. The molecule has 1 unspecified atom stereocenters. The maximum absolute atomic E-state index is 6.11. The van der Waals surface area contributed by atoms with Gasteiger partial charge in [0.1, 0.15) is 0 Å². The minimum Gasteiger partial charge on any atom is -0.493 e. The molecule has 1 atom stereocenters. The van der Waals surface area contributed by atoms with Crippen molar-refractivity contribution in [1.29, 1.82) is 0 Å². The second-order valence-electron chi connectivity index (χ2n) is 3.67. The van der Waals surface area contributed by atoms with Gasteiger partial charge in [0.25, 0.3) is 0 Å². The lowest BCUT2D eigenvalue weighted by atomic mass is 10.1. The summed E-state index contributed by atoms with van der Waals surface area (Å²) in [6.07, 6.45) is 4.05. The maximum atomic E-state index is 6.11. The van der Waals surface area contributed by atoms with E-state index in [2.05, 4.69) is 18.3 Å². The van der Waals surface area contributed by atoms with Crippen LogP contribution in [0.25, 0.3) is 6.08 Å². The Morgan fingerprint density at radius 1 is 1.29 bits per heavy atom. The van der Waals surface area contributed by atoms with E-state index >= 15 is 0 Å². The topological polar surface area (TPSA) is 30.5 Å². The predicted octanol–water partition coefficient (Wildman–Crippen LogP) is 2.98. The summed E-state index contributed by atoms with van der Waals surface area (Å²) in [7, 11) is 5.08. The van der Waals surface area contributed by atoms with Gasteiger partial charge < -0.3 is 14.8 Å². The zero-order chi connectivity index (χ0) is 12.8. The number of methoxy groups -OCH3 is 2. The SMILES string of the molecule is CNC(C)/C=C/c1cc(Cl)c(OC)c(OC)c1. The number of benzene rings is 1. The zero-order valence-electron chi connectivity index (χ0n) is 10.6. The summed E-state index contributed by atoms with van der Waals surface area (Å²) in [5, 5.41) is 3.67. The van der Waals surface area contributed by atoms with Crippen LogP contribution in [-0.4, -0.2) is 27.3 Å². The lowest BCUT2D eigenvalue weighted by Crippen LogP contribution is -2.17. The Bertz CT molecular complexity index is 405. The molecule has 0 heterocycles. The molecule has 17 heavy (non-hydrogen) atoms. The summed E-state index contributed by atoms with van der Waals surface area (Å²) in [4.78, 5) is 0. The standard InChI is InChI=1S/C13H18ClNO2/c1-9(15-2)5-6-10-7-11(14)13(17-4)12(8-10)16-3/h5-9,15H,1-4H3/b6-5+. The summed E-state index contributed by atoms with van der Waals surface area (Å²) in [6.45, 7) is 2.07. The van der Waals surface area contributed by atoms with E-state index in [1.807, 2.05) is 25.3 Å². The minimum atomic E-state index is 0.307. The van der Waals surface area contributed by atoms with Gasteiger partial charge in [-0.2, -0.15) is 0 Å². The number of hydrogen-bond donors (Lipinski definition) is 1. The van der Waals surface area contributed by atoms with Gasteiger partial charge in [-0.15, -0.1) is 0 Å². The van der Waals surface area contributed by atoms with Crippen LogP contribution in [0.3, 0.4) is 0 Å². The normalized spacial score (nSPS) is 12.8. The molecule has 94 valence electrons. The highest BCUT2D eigenvalue weighted by molar-refractivity contribution is 6.32. The Morgan fingerprint density at radius 3 is 2.53 bits per heavy atom. The molecule has 0 saturated carbocycles. The molecule has 0 saturated heterocycles. The lowest BCUT2D eigenvalue weighted by molar-refractivity contribution is 0.355. The fourth-order valence-corrected chi connectivity index (χ4v) is 1.68. The first kappa shape index (κ1) is 13.9. The Balaban J connectivity index is 3.03. The molecule has 4 heteroatoms. The van der Waals surface area contributed by atoms with E-state index in [4.69, 9.17) is 21.1 Å². The average molecular weight is 256 g/mol. The third-order valence-corrected chi connectivity index (χ3v) is 2.77. The monoisotopic (exact) mass is 255 g/mol. The predicted molar refractivity (Wildman–Crippen MR) is 72.1 cm³/mol. The second-order valence-corrected chi connectivity index (χ2v) is 4.08. The highest BCUT2D eigenvalue weighted by Gasteiger charge is 2.09. The Labute approximate surface area is 107 Å². The number of likely N-dealkylation sites (N-methyl/N-ethyl adjacent to an activating group) is 1. The van der Waals surface area contributed by atoms with Crippen LogP contribution in [0.2, 0.25) is 5.02 Å². The van der Waals surface area contributed by atoms with Crippen LogP contribution in [0, 0.1) is 0 Å². The fraction of sp³-hybridized carbons (Fsp3) is 0.385. The largest absolute Gasteiger partial charge is 0.493 e. The van der Waals surface area contributed by atoms with Crippen LogP contribution in [0.4, 0.5) is 0 Å². The third kappa shape index (κ3) is 3.65. The van der Waals surface area contributed by atoms with Crippen LogP contribution < -0.4 is 14.8 Å². The first-order valence-corrected chi connectivity index (χ1v) is 5.77. The average Bonchev–Trinajstić information content (AvgIpc) is 2.34. The molecule has 1 aromatic carbocycles. The summed E-state index contributed by atoms with van der Waals surface area (Å²) in [5.74, 6) is 1.20. The highest BCUT2D eigenvalue weighted by atomic mass is 35.5. The molecular formula is C13H18ClNO2. The number of hydrogen-bond acceptors (Lipinski definition) is 3. The number of rotatable bonds is 5. The van der Waals surface area contributed by atoms with E-state index in [9.17, 15) is 0 Å². The molecule has 1 aromatic rings. The van der Waals surface area contributed by atoms with E-state index < -0.39 is 0 Å². The van der Waals surface area contributed by atoms with Crippen LogP contribution >= 0.6 is 11.6 Å². The molecule has 0 radical (unpaired) electrons. The number of nitrogens with one attached hydrogen (secondary N) is 1. The van der Waals surface area contributed by atoms with E-state index in [0.29, 0.717) is 22.6 Å². The van der Waals surface area contributed by atoms with Gasteiger partial charge in [-0.25, -0.2) is 0 Å². The molecule has 0 aromatic heterocycles. The molecule has 0 bridgehead atoms. The number of halogens is 1. The van der Waals surface area contributed by atoms with Gasteiger partial charge in [0.2, 0.25) is 0 Å². The smallest absolute Gasteiger partial charge is 0.179 e. The van der Waals surface area contributed by atoms with Gasteiger partial charge in [-0.05, 0) is 31.7 Å². The molecule has 3 nitrogen and oxygen atoms in total. The van der Waals surface area contributed by atoms with E-state index in [1.54, 1.807) is 14.2 Å². The van der Waals surface area contributed by atoms with Crippen LogP contribution in [-0.2, 0) is 0 Å². The van der Waals surface area contributed by atoms with Gasteiger partial charge in [0, 0.05) is 6.04 Å². The maximum Gasteiger partial charge on any atom is 0.179 e. The van der Waals surface area contributed by atoms with Gasteiger partial charge >= 0.3 is 0 Å². The van der Waals surface area contributed by atoms with Crippen molar-refractivity contribution in [3.63, 3.8) is 0 Å².